The van der Waals surface area contributed by atoms with Gasteiger partial charge in [-0.05, 0) is 62.6 Å². The van der Waals surface area contributed by atoms with Gasteiger partial charge in [0.2, 0.25) is 0 Å². The first-order valence-corrected chi connectivity index (χ1v) is 10.3. The predicted molar refractivity (Wildman–Crippen MR) is 108 cm³/mol. The van der Waals surface area contributed by atoms with Gasteiger partial charge in [0, 0.05) is 35.8 Å². The lowest BCUT2D eigenvalue weighted by atomic mass is 9.81. The average Bonchev–Trinajstić information content (AvgIpc) is 3.06. The lowest BCUT2D eigenvalue weighted by Gasteiger charge is -2.27. The van der Waals surface area contributed by atoms with Gasteiger partial charge < -0.3 is 0 Å². The Balaban J connectivity index is 1.45. The molecule has 0 saturated heterocycles. The molecule has 0 spiro atoms. The topological polar surface area (TPSA) is 59.7 Å². The van der Waals surface area contributed by atoms with E-state index in [0.29, 0.717) is 11.8 Å². The van der Waals surface area contributed by atoms with E-state index in [-0.39, 0.29) is 0 Å². The largest absolute Gasteiger partial charge is 0.295 e. The van der Waals surface area contributed by atoms with Gasteiger partial charge in [0.1, 0.15) is 11.6 Å². The maximum absolute atomic E-state index is 6.27. The minimum absolute atomic E-state index is 0.410. The van der Waals surface area contributed by atoms with Crippen LogP contribution in [0.5, 0.6) is 0 Å². The molecule has 6 nitrogen and oxygen atoms in total. The highest BCUT2D eigenvalue weighted by molar-refractivity contribution is 6.30. The highest BCUT2D eigenvalue weighted by Gasteiger charge is 2.31. The van der Waals surface area contributed by atoms with Gasteiger partial charge in [-0.1, -0.05) is 11.6 Å². The summed E-state index contributed by atoms with van der Waals surface area (Å²) in [7, 11) is 2.11. The monoisotopic (exact) mass is 394 g/mol. The first kappa shape index (κ1) is 17.8. The Morgan fingerprint density at radius 2 is 1.71 bits per heavy atom. The second-order valence-corrected chi connectivity index (χ2v) is 8.35. The Hall–Kier alpha value is -2.31. The summed E-state index contributed by atoms with van der Waals surface area (Å²) >= 11 is 6.27. The van der Waals surface area contributed by atoms with Crippen molar-refractivity contribution in [2.24, 2.45) is 0 Å². The molecule has 28 heavy (non-hydrogen) atoms. The van der Waals surface area contributed by atoms with Crippen molar-refractivity contribution in [1.29, 1.82) is 0 Å². The van der Waals surface area contributed by atoms with Crippen LogP contribution in [-0.2, 0) is 13.1 Å². The van der Waals surface area contributed by atoms with Crippen LogP contribution in [0.25, 0.3) is 5.69 Å². The molecule has 0 N–H and O–H groups in total. The van der Waals surface area contributed by atoms with E-state index >= 15 is 0 Å². The molecule has 0 unspecified atom stereocenters. The normalized spacial score (nSPS) is 22.4. The van der Waals surface area contributed by atoms with Gasteiger partial charge in [0.05, 0.1) is 12.2 Å². The second-order valence-electron chi connectivity index (χ2n) is 7.91. The minimum atomic E-state index is 0.410. The first-order valence-electron chi connectivity index (χ1n) is 9.87. The number of benzene rings is 1. The molecule has 144 valence electrons. The lowest BCUT2D eigenvalue weighted by molar-refractivity contribution is 0.315. The molecule has 3 aromatic rings. The van der Waals surface area contributed by atoms with Crippen LogP contribution in [0.4, 0.5) is 0 Å². The second kappa shape index (κ2) is 7.26. The number of aromatic nitrogens is 5. The highest BCUT2D eigenvalue weighted by Crippen LogP contribution is 2.40. The van der Waals surface area contributed by atoms with Crippen molar-refractivity contribution in [3.8, 4) is 5.69 Å². The Kier molecular flexibility index (Phi) is 4.61. The molecule has 2 aliphatic rings. The number of hydrogen-bond donors (Lipinski definition) is 0. The summed E-state index contributed by atoms with van der Waals surface area (Å²) < 4.78 is 2.28. The molecule has 0 bridgehead atoms. The summed E-state index contributed by atoms with van der Waals surface area (Å²) in [6, 6.07) is 8.01. The molecular formula is C21H23ClN6. The van der Waals surface area contributed by atoms with E-state index in [9.17, 15) is 0 Å². The fraction of sp³-hybridized carbons (Fsp3) is 0.429. The molecule has 5 rings (SSSR count). The van der Waals surface area contributed by atoms with E-state index in [1.807, 2.05) is 24.5 Å². The van der Waals surface area contributed by atoms with Crippen molar-refractivity contribution in [2.45, 2.75) is 50.6 Å². The lowest BCUT2D eigenvalue weighted by Crippen LogP contribution is -2.18. The molecule has 1 aliphatic carbocycles. The number of halogens is 1. The molecule has 1 fully saturated rings. The van der Waals surface area contributed by atoms with Crippen LogP contribution in [-0.4, -0.2) is 36.7 Å². The number of rotatable bonds is 2. The van der Waals surface area contributed by atoms with E-state index in [2.05, 4.69) is 48.8 Å². The average molecular weight is 395 g/mol. The fourth-order valence-electron chi connectivity index (χ4n) is 4.58. The van der Waals surface area contributed by atoms with Crippen LogP contribution in [0.1, 0.15) is 60.6 Å². The van der Waals surface area contributed by atoms with E-state index < -0.39 is 0 Å². The zero-order valence-corrected chi connectivity index (χ0v) is 16.7. The van der Waals surface area contributed by atoms with Crippen molar-refractivity contribution in [3.05, 3.63) is 64.7 Å². The summed E-state index contributed by atoms with van der Waals surface area (Å²) in [5, 5.41) is 9.97. The Labute approximate surface area is 169 Å². The van der Waals surface area contributed by atoms with Gasteiger partial charge in [0.25, 0.3) is 0 Å². The molecule has 1 aliphatic heterocycles. The smallest absolute Gasteiger partial charge is 0.151 e. The minimum Gasteiger partial charge on any atom is -0.295 e. The Morgan fingerprint density at radius 3 is 2.50 bits per heavy atom. The molecule has 0 radical (unpaired) electrons. The predicted octanol–water partition coefficient (Wildman–Crippen LogP) is 4.10. The molecule has 0 amide bonds. The fourth-order valence-corrected chi connectivity index (χ4v) is 4.77. The number of fused-ring (bicyclic) bond motifs is 3. The summed E-state index contributed by atoms with van der Waals surface area (Å²) in [6.45, 7) is 1.64. The molecule has 3 heterocycles. The van der Waals surface area contributed by atoms with Gasteiger partial charge in [-0.15, -0.1) is 10.2 Å². The summed E-state index contributed by atoms with van der Waals surface area (Å²) in [4.78, 5) is 11.2. The first-order chi connectivity index (χ1) is 13.7. The number of hydrogen-bond acceptors (Lipinski definition) is 5. The Morgan fingerprint density at radius 1 is 0.964 bits per heavy atom. The van der Waals surface area contributed by atoms with Gasteiger partial charge in [0.15, 0.2) is 5.82 Å². The maximum atomic E-state index is 6.27. The quantitative estimate of drug-likeness (QED) is 0.655. The van der Waals surface area contributed by atoms with E-state index in [0.717, 1.165) is 67.0 Å². The molecule has 7 heteroatoms. The standard InChI is InChI=1S/C21H23ClN6/c1-27-12-16-11-17(22)7-8-18(16)28-19(13-27)25-26-21(28)15-5-3-14(4-6-15)20-23-9-2-10-24-20/h2,7-11,14-15H,3-6,12-13H2,1H3/t14-,15+. The van der Waals surface area contributed by atoms with Crippen LogP contribution in [0.15, 0.2) is 36.7 Å². The third-order valence-electron chi connectivity index (χ3n) is 5.93. The summed E-state index contributed by atoms with van der Waals surface area (Å²) in [5.74, 6) is 3.92. The zero-order valence-electron chi connectivity index (χ0n) is 15.9. The molecule has 1 aromatic carbocycles. The van der Waals surface area contributed by atoms with Gasteiger partial charge >= 0.3 is 0 Å². The molecule has 2 aromatic heterocycles. The van der Waals surface area contributed by atoms with Crippen LogP contribution in [0.2, 0.25) is 5.02 Å². The van der Waals surface area contributed by atoms with E-state index in [1.54, 1.807) is 0 Å². The van der Waals surface area contributed by atoms with E-state index in [1.165, 1.54) is 5.56 Å². The third-order valence-corrected chi connectivity index (χ3v) is 6.17. The number of nitrogens with zero attached hydrogens (tertiary/aromatic N) is 6. The Bertz CT molecular complexity index is 978. The zero-order chi connectivity index (χ0) is 19.1. The van der Waals surface area contributed by atoms with Crippen LogP contribution < -0.4 is 0 Å². The van der Waals surface area contributed by atoms with Crippen LogP contribution >= 0.6 is 11.6 Å². The molecule has 1 saturated carbocycles. The van der Waals surface area contributed by atoms with Crippen LogP contribution in [0.3, 0.4) is 0 Å². The molecular weight excluding hydrogens is 372 g/mol. The van der Waals surface area contributed by atoms with Crippen molar-refractivity contribution in [2.75, 3.05) is 7.05 Å². The van der Waals surface area contributed by atoms with Crippen LogP contribution in [0, 0.1) is 0 Å². The maximum Gasteiger partial charge on any atom is 0.151 e. The highest BCUT2D eigenvalue weighted by atomic mass is 35.5. The molecule has 0 atom stereocenters. The van der Waals surface area contributed by atoms with Crippen molar-refractivity contribution >= 4 is 11.6 Å². The third kappa shape index (κ3) is 3.20. The van der Waals surface area contributed by atoms with Gasteiger partial charge in [-0.3, -0.25) is 9.47 Å². The van der Waals surface area contributed by atoms with Gasteiger partial charge in [-0.25, -0.2) is 9.97 Å². The van der Waals surface area contributed by atoms with Crippen molar-refractivity contribution < 1.29 is 0 Å². The summed E-state index contributed by atoms with van der Waals surface area (Å²) in [5.41, 5.74) is 2.39. The SMILES string of the molecule is CN1Cc2cc(Cl)ccc2-n2c(nnc2[C@H]2CC[C@@H](c3ncccn3)CC2)C1. The van der Waals surface area contributed by atoms with Gasteiger partial charge in [-0.2, -0.15) is 0 Å². The van der Waals surface area contributed by atoms with E-state index in [4.69, 9.17) is 11.6 Å². The van der Waals surface area contributed by atoms with Crippen molar-refractivity contribution in [1.82, 2.24) is 29.6 Å². The van der Waals surface area contributed by atoms with Crippen molar-refractivity contribution in [3.63, 3.8) is 0 Å². The summed E-state index contributed by atoms with van der Waals surface area (Å²) in [6.07, 6.45) is 8.02.